The second-order valence-electron chi connectivity index (χ2n) is 7.31. The van der Waals surface area contributed by atoms with E-state index in [9.17, 15) is 9.59 Å². The topological polar surface area (TPSA) is 58.2 Å². The van der Waals surface area contributed by atoms with Gasteiger partial charge in [0, 0.05) is 17.5 Å². The highest BCUT2D eigenvalue weighted by atomic mass is 32.2. The fourth-order valence-corrected chi connectivity index (χ4v) is 4.15. The number of anilines is 1. The minimum absolute atomic E-state index is 0.0406. The zero-order valence-electron chi connectivity index (χ0n) is 17.4. The van der Waals surface area contributed by atoms with Crippen LogP contribution in [0.3, 0.4) is 0 Å². The molecule has 3 aromatic rings. The molecule has 0 aromatic heterocycles. The molecule has 154 valence electrons. The number of amides is 2. The highest BCUT2D eigenvalue weighted by Crippen LogP contribution is 2.31. The summed E-state index contributed by atoms with van der Waals surface area (Å²) in [5, 5.41) is 5.73. The molecular weight excluding hydrogens is 392 g/mol. The summed E-state index contributed by atoms with van der Waals surface area (Å²) in [6.45, 7) is 5.42. The number of nitrogens with one attached hydrogen (secondary N) is 2. The Bertz CT molecular complexity index is 949. The van der Waals surface area contributed by atoms with Gasteiger partial charge in [0.25, 0.3) is 0 Å². The van der Waals surface area contributed by atoms with Crippen molar-refractivity contribution in [3.63, 3.8) is 0 Å². The summed E-state index contributed by atoms with van der Waals surface area (Å²) < 4.78 is 0. The minimum atomic E-state index is -0.635. The Hall–Kier alpha value is -3.05. The number of thioether (sulfide) groups is 1. The van der Waals surface area contributed by atoms with Crippen LogP contribution in [-0.2, 0) is 15.1 Å². The van der Waals surface area contributed by atoms with Crippen molar-refractivity contribution in [1.29, 1.82) is 0 Å². The fourth-order valence-electron chi connectivity index (χ4n) is 3.28. The maximum atomic E-state index is 13.1. The zero-order chi connectivity index (χ0) is 21.6. The van der Waals surface area contributed by atoms with Gasteiger partial charge in [0.05, 0.1) is 10.8 Å². The van der Waals surface area contributed by atoms with Crippen molar-refractivity contribution < 1.29 is 9.59 Å². The quantitative estimate of drug-likeness (QED) is 0.518. The lowest BCUT2D eigenvalue weighted by molar-refractivity contribution is -0.121. The van der Waals surface area contributed by atoms with Crippen LogP contribution in [0.25, 0.3) is 0 Å². The predicted octanol–water partition coefficient (Wildman–Crippen LogP) is 5.21. The Morgan fingerprint density at radius 3 is 1.80 bits per heavy atom. The third-order valence-electron chi connectivity index (χ3n) is 4.93. The van der Waals surface area contributed by atoms with Gasteiger partial charge in [-0.05, 0) is 49.2 Å². The third-order valence-corrected chi connectivity index (χ3v) is 6.04. The van der Waals surface area contributed by atoms with E-state index in [4.69, 9.17) is 0 Å². The fraction of sp³-hybridized carbons (Fsp3) is 0.200. The van der Waals surface area contributed by atoms with Crippen LogP contribution in [0.5, 0.6) is 0 Å². The van der Waals surface area contributed by atoms with Gasteiger partial charge in [-0.15, -0.1) is 11.8 Å². The molecule has 30 heavy (non-hydrogen) atoms. The van der Waals surface area contributed by atoms with Gasteiger partial charge in [-0.2, -0.15) is 0 Å². The molecule has 0 bridgehead atoms. The average Bonchev–Trinajstić information content (AvgIpc) is 2.76. The summed E-state index contributed by atoms with van der Waals surface area (Å²) >= 11 is 1.49. The zero-order valence-corrected chi connectivity index (χ0v) is 18.2. The second-order valence-corrected chi connectivity index (χ2v) is 8.73. The molecule has 2 N–H and O–H groups in total. The SMILES string of the molecule is CC(=O)Nc1ccc(SC(C)C(=O)NC(C)(c2ccccc2)c2ccccc2)cc1. The van der Waals surface area contributed by atoms with Crippen LogP contribution in [0.4, 0.5) is 5.69 Å². The van der Waals surface area contributed by atoms with E-state index in [-0.39, 0.29) is 17.1 Å². The van der Waals surface area contributed by atoms with E-state index in [2.05, 4.69) is 10.6 Å². The lowest BCUT2D eigenvalue weighted by atomic mass is 9.84. The summed E-state index contributed by atoms with van der Waals surface area (Å²) in [6, 6.07) is 27.5. The Morgan fingerprint density at radius 1 is 0.833 bits per heavy atom. The number of benzene rings is 3. The molecule has 0 heterocycles. The van der Waals surface area contributed by atoms with Crippen LogP contribution >= 0.6 is 11.8 Å². The molecule has 0 saturated heterocycles. The van der Waals surface area contributed by atoms with Gasteiger partial charge in [-0.3, -0.25) is 9.59 Å². The van der Waals surface area contributed by atoms with Crippen LogP contribution in [-0.4, -0.2) is 17.1 Å². The molecular formula is C25H26N2O2S. The maximum Gasteiger partial charge on any atom is 0.234 e. The molecule has 4 nitrogen and oxygen atoms in total. The highest BCUT2D eigenvalue weighted by Gasteiger charge is 2.32. The Labute approximate surface area is 182 Å². The largest absolute Gasteiger partial charge is 0.342 e. The third kappa shape index (κ3) is 5.30. The van der Waals surface area contributed by atoms with Crippen molar-refractivity contribution in [1.82, 2.24) is 5.32 Å². The minimum Gasteiger partial charge on any atom is -0.342 e. The van der Waals surface area contributed by atoms with Crippen molar-refractivity contribution in [3.8, 4) is 0 Å². The lowest BCUT2D eigenvalue weighted by Crippen LogP contribution is -2.47. The molecule has 0 fully saturated rings. The van der Waals surface area contributed by atoms with Crippen LogP contribution in [0.15, 0.2) is 89.8 Å². The molecule has 3 rings (SSSR count). The van der Waals surface area contributed by atoms with Crippen LogP contribution < -0.4 is 10.6 Å². The van der Waals surface area contributed by atoms with Gasteiger partial charge in [0.2, 0.25) is 11.8 Å². The van der Waals surface area contributed by atoms with Crippen LogP contribution in [0.1, 0.15) is 31.9 Å². The summed E-state index contributed by atoms with van der Waals surface area (Å²) in [5.41, 5.74) is 2.16. The lowest BCUT2D eigenvalue weighted by Gasteiger charge is -2.33. The van der Waals surface area contributed by atoms with E-state index < -0.39 is 5.54 Å². The molecule has 0 radical (unpaired) electrons. The molecule has 5 heteroatoms. The summed E-state index contributed by atoms with van der Waals surface area (Å²) in [6.07, 6.45) is 0. The van der Waals surface area contributed by atoms with Crippen molar-refractivity contribution >= 4 is 29.3 Å². The van der Waals surface area contributed by atoms with E-state index in [1.807, 2.05) is 98.8 Å². The summed E-state index contributed by atoms with van der Waals surface area (Å²) in [5.74, 6) is -0.148. The Morgan fingerprint density at radius 2 is 1.33 bits per heavy atom. The smallest absolute Gasteiger partial charge is 0.234 e. The Balaban J connectivity index is 1.76. The van der Waals surface area contributed by atoms with Gasteiger partial charge >= 0.3 is 0 Å². The Kier molecular flexibility index (Phi) is 6.95. The molecule has 0 aliphatic rings. The first kappa shape index (κ1) is 21.7. The van der Waals surface area contributed by atoms with E-state index in [1.165, 1.54) is 18.7 Å². The second kappa shape index (κ2) is 9.63. The maximum absolute atomic E-state index is 13.1. The highest BCUT2D eigenvalue weighted by molar-refractivity contribution is 8.00. The number of carbonyl (C=O) groups excluding carboxylic acids is 2. The number of rotatable bonds is 7. The van der Waals surface area contributed by atoms with E-state index in [0.29, 0.717) is 0 Å². The number of carbonyl (C=O) groups is 2. The predicted molar refractivity (Wildman–Crippen MR) is 124 cm³/mol. The molecule has 3 aromatic carbocycles. The van der Waals surface area contributed by atoms with E-state index in [0.717, 1.165) is 21.7 Å². The van der Waals surface area contributed by atoms with Gasteiger partial charge in [0.15, 0.2) is 0 Å². The number of hydrogen-bond acceptors (Lipinski definition) is 3. The average molecular weight is 419 g/mol. The van der Waals surface area contributed by atoms with Gasteiger partial charge in [-0.1, -0.05) is 60.7 Å². The first-order valence-electron chi connectivity index (χ1n) is 9.86. The van der Waals surface area contributed by atoms with Crippen LogP contribution in [0.2, 0.25) is 0 Å². The number of hydrogen-bond donors (Lipinski definition) is 2. The van der Waals surface area contributed by atoms with Gasteiger partial charge in [0.1, 0.15) is 0 Å². The molecule has 0 aliphatic heterocycles. The first-order valence-corrected chi connectivity index (χ1v) is 10.7. The molecule has 0 aliphatic carbocycles. The van der Waals surface area contributed by atoms with Crippen molar-refractivity contribution in [2.24, 2.45) is 0 Å². The first-order chi connectivity index (χ1) is 14.4. The molecule has 0 spiro atoms. The van der Waals surface area contributed by atoms with Crippen LogP contribution in [0, 0.1) is 0 Å². The van der Waals surface area contributed by atoms with Gasteiger partial charge < -0.3 is 10.6 Å². The monoisotopic (exact) mass is 418 g/mol. The molecule has 1 unspecified atom stereocenters. The summed E-state index contributed by atoms with van der Waals surface area (Å²) in [4.78, 5) is 25.3. The van der Waals surface area contributed by atoms with Crippen molar-refractivity contribution in [3.05, 3.63) is 96.1 Å². The molecule has 1 atom stereocenters. The van der Waals surface area contributed by atoms with Crippen molar-refractivity contribution in [2.45, 2.75) is 36.5 Å². The molecule has 2 amide bonds. The van der Waals surface area contributed by atoms with E-state index >= 15 is 0 Å². The standard InChI is InChI=1S/C25H26N2O2S/c1-18(30-23-16-14-22(15-17-23)26-19(2)28)24(29)27-25(3,20-10-6-4-7-11-20)21-12-8-5-9-13-21/h4-18H,1-3H3,(H,26,28)(H,27,29). The molecule has 0 saturated carbocycles. The van der Waals surface area contributed by atoms with Gasteiger partial charge in [-0.25, -0.2) is 0 Å². The normalized spacial score (nSPS) is 12.1. The van der Waals surface area contributed by atoms with E-state index in [1.54, 1.807) is 0 Å². The van der Waals surface area contributed by atoms with Crippen molar-refractivity contribution in [2.75, 3.05) is 5.32 Å². The summed E-state index contributed by atoms with van der Waals surface area (Å²) in [7, 11) is 0.